The maximum atomic E-state index is 11.3. The molecule has 12 N–H and O–H groups in total. The van der Waals surface area contributed by atoms with E-state index < -0.39 is 75.8 Å². The summed E-state index contributed by atoms with van der Waals surface area (Å²) in [5.41, 5.74) is -0.630. The summed E-state index contributed by atoms with van der Waals surface area (Å²) in [6.45, 7) is 0.749. The van der Waals surface area contributed by atoms with Gasteiger partial charge < -0.3 is 56.4 Å². The number of benzene rings is 3. The number of carboxylic acid groups (broad SMARTS) is 1. The Kier molecular flexibility index (Phi) is 6.95. The minimum atomic E-state index is -2.70. The van der Waals surface area contributed by atoms with Gasteiger partial charge in [0, 0.05) is 18.0 Å². The van der Waals surface area contributed by atoms with Crippen LogP contribution in [0.15, 0.2) is 24.3 Å². The molecule has 0 amide bonds. The number of phenols is 7. The monoisotopic (exact) mass is 564 g/mol. The fraction of sp³-hybridized carbons (Fsp3) is 0.240. The molecule has 2 atom stereocenters. The standard InChI is InChI=1S/C25H25ClN2O11/c1-8-11(14-12(8)15(26)20(32)22(34)19(14)31)6-28-25(38,39)7-27-16-17(29)13(18(30)23(35)21(16)33)9-3-2-4-10(5-9)24(36)37/h2-5,8,11,27-35,38-39H,6-7H2,1H3,(H,36,37). The molecule has 39 heavy (non-hydrogen) atoms. The molecule has 0 aromatic heterocycles. The number of phenolic OH excluding ortho intramolecular Hbond substituents is 7. The van der Waals surface area contributed by atoms with E-state index in [9.17, 15) is 55.9 Å². The minimum absolute atomic E-state index is 0.0222. The van der Waals surface area contributed by atoms with Crippen LogP contribution >= 0.6 is 11.6 Å². The van der Waals surface area contributed by atoms with Crippen molar-refractivity contribution in [3.8, 4) is 51.4 Å². The van der Waals surface area contributed by atoms with Gasteiger partial charge in [-0.2, -0.15) is 0 Å². The third-order valence-corrected chi connectivity index (χ3v) is 7.16. The largest absolute Gasteiger partial charge is 0.505 e. The van der Waals surface area contributed by atoms with E-state index in [0.29, 0.717) is 5.56 Å². The molecular formula is C25H25ClN2O11. The normalized spacial score (nSPS) is 16.4. The predicted molar refractivity (Wildman–Crippen MR) is 137 cm³/mol. The first-order valence-electron chi connectivity index (χ1n) is 11.4. The number of fused-ring (bicyclic) bond motifs is 1. The molecule has 4 rings (SSSR count). The third-order valence-electron chi connectivity index (χ3n) is 6.78. The molecule has 3 aromatic rings. The second kappa shape index (κ2) is 9.78. The molecule has 208 valence electrons. The topological polar surface area (TPSA) is 243 Å². The van der Waals surface area contributed by atoms with Gasteiger partial charge in [0.15, 0.2) is 28.7 Å². The summed E-state index contributed by atoms with van der Waals surface area (Å²) < 4.78 is 0. The summed E-state index contributed by atoms with van der Waals surface area (Å²) in [4.78, 5) is 11.3. The average molecular weight is 565 g/mol. The van der Waals surface area contributed by atoms with Gasteiger partial charge in [0.05, 0.1) is 22.7 Å². The lowest BCUT2D eigenvalue weighted by atomic mass is 9.68. The van der Waals surface area contributed by atoms with Crippen molar-refractivity contribution in [3.05, 3.63) is 46.0 Å². The van der Waals surface area contributed by atoms with E-state index in [1.165, 1.54) is 18.2 Å². The Morgan fingerprint density at radius 2 is 1.54 bits per heavy atom. The number of carboxylic acids is 1. The Hall–Kier alpha value is -4.30. The van der Waals surface area contributed by atoms with Crippen LogP contribution in [0.3, 0.4) is 0 Å². The van der Waals surface area contributed by atoms with Crippen LogP contribution in [0, 0.1) is 0 Å². The average Bonchev–Trinajstić information content (AvgIpc) is 2.88. The molecular weight excluding hydrogens is 540 g/mol. The van der Waals surface area contributed by atoms with E-state index in [2.05, 4.69) is 10.6 Å². The number of rotatable bonds is 8. The molecule has 0 radical (unpaired) electrons. The van der Waals surface area contributed by atoms with Crippen LogP contribution in [0.1, 0.15) is 40.2 Å². The second-order valence-electron chi connectivity index (χ2n) is 9.16. The second-order valence-corrected chi connectivity index (χ2v) is 9.54. The highest BCUT2D eigenvalue weighted by Crippen LogP contribution is 2.59. The Morgan fingerprint density at radius 3 is 2.18 bits per heavy atom. The number of aromatic hydroxyl groups is 7. The van der Waals surface area contributed by atoms with Crippen molar-refractivity contribution in [2.75, 3.05) is 18.4 Å². The maximum absolute atomic E-state index is 11.3. The number of hydrogen-bond donors (Lipinski definition) is 12. The zero-order chi connectivity index (χ0) is 29.0. The van der Waals surface area contributed by atoms with Crippen LogP contribution in [0.25, 0.3) is 11.1 Å². The summed E-state index contributed by atoms with van der Waals surface area (Å²) in [6, 6.07) is 5.03. The van der Waals surface area contributed by atoms with Gasteiger partial charge in [-0.15, -0.1) is 0 Å². The smallest absolute Gasteiger partial charge is 0.335 e. The minimum Gasteiger partial charge on any atom is -0.505 e. The van der Waals surface area contributed by atoms with Crippen LogP contribution in [0.4, 0.5) is 5.69 Å². The van der Waals surface area contributed by atoms with E-state index >= 15 is 0 Å². The number of aliphatic hydroxyl groups is 2. The molecule has 1 aliphatic rings. The fourth-order valence-electron chi connectivity index (χ4n) is 4.67. The number of nitrogens with one attached hydrogen (secondary N) is 2. The van der Waals surface area contributed by atoms with Gasteiger partial charge >= 0.3 is 5.97 Å². The zero-order valence-corrected chi connectivity index (χ0v) is 20.9. The van der Waals surface area contributed by atoms with Crippen LogP contribution in [0.2, 0.25) is 5.02 Å². The Labute approximate surface area is 225 Å². The highest BCUT2D eigenvalue weighted by molar-refractivity contribution is 6.33. The van der Waals surface area contributed by atoms with E-state index in [4.69, 9.17) is 11.6 Å². The van der Waals surface area contributed by atoms with Gasteiger partial charge in [-0.3, -0.25) is 5.32 Å². The van der Waals surface area contributed by atoms with Crippen molar-refractivity contribution in [2.45, 2.75) is 24.7 Å². The lowest BCUT2D eigenvalue weighted by Crippen LogP contribution is -2.52. The van der Waals surface area contributed by atoms with Crippen molar-refractivity contribution in [3.63, 3.8) is 0 Å². The highest BCUT2D eigenvalue weighted by atomic mass is 35.5. The van der Waals surface area contributed by atoms with Gasteiger partial charge in [0.25, 0.3) is 0 Å². The van der Waals surface area contributed by atoms with Gasteiger partial charge in [-0.25, -0.2) is 4.79 Å². The number of aromatic carboxylic acids is 1. The molecule has 3 aromatic carbocycles. The fourth-order valence-corrected chi connectivity index (χ4v) is 5.03. The van der Waals surface area contributed by atoms with E-state index in [-0.39, 0.29) is 34.2 Å². The zero-order valence-electron chi connectivity index (χ0n) is 20.1. The molecule has 0 bridgehead atoms. The number of halogens is 1. The van der Waals surface area contributed by atoms with E-state index in [1.54, 1.807) is 6.92 Å². The van der Waals surface area contributed by atoms with Gasteiger partial charge in [0.2, 0.25) is 17.4 Å². The molecule has 0 heterocycles. The van der Waals surface area contributed by atoms with Crippen LogP contribution in [-0.4, -0.2) is 76.0 Å². The molecule has 14 heteroatoms. The maximum Gasteiger partial charge on any atom is 0.335 e. The van der Waals surface area contributed by atoms with Crippen LogP contribution in [0.5, 0.6) is 40.2 Å². The summed E-state index contributed by atoms with van der Waals surface area (Å²) >= 11 is 6.05. The summed E-state index contributed by atoms with van der Waals surface area (Å²) in [6.07, 6.45) is 0. The van der Waals surface area contributed by atoms with E-state index in [0.717, 1.165) is 6.07 Å². The molecule has 0 spiro atoms. The molecule has 0 fully saturated rings. The first-order chi connectivity index (χ1) is 18.2. The number of carbonyl (C=O) groups is 1. The highest BCUT2D eigenvalue weighted by Gasteiger charge is 2.43. The quantitative estimate of drug-likeness (QED) is 0.107. The van der Waals surface area contributed by atoms with Gasteiger partial charge in [-0.05, 0) is 29.2 Å². The molecule has 2 unspecified atom stereocenters. The molecule has 0 saturated heterocycles. The van der Waals surface area contributed by atoms with Crippen molar-refractivity contribution in [2.24, 2.45) is 0 Å². The SMILES string of the molecule is CC1c2c(Cl)c(O)c(O)c(O)c2C1CNC(O)(O)CNc1c(O)c(O)c(O)c(-c2cccc(C(=O)O)c2)c1O. The van der Waals surface area contributed by atoms with Crippen LogP contribution < -0.4 is 10.6 Å². The van der Waals surface area contributed by atoms with Gasteiger partial charge in [0.1, 0.15) is 5.69 Å². The molecule has 0 aliphatic heterocycles. The van der Waals surface area contributed by atoms with Crippen molar-refractivity contribution in [1.29, 1.82) is 0 Å². The summed E-state index contributed by atoms with van der Waals surface area (Å²) in [5, 5.41) is 106. The number of anilines is 1. The Bertz CT molecular complexity index is 1490. The first-order valence-corrected chi connectivity index (χ1v) is 11.8. The predicted octanol–water partition coefficient (Wildman–Crippen LogP) is 2.19. The molecule has 1 aliphatic carbocycles. The first kappa shape index (κ1) is 27.7. The Morgan fingerprint density at radius 1 is 0.897 bits per heavy atom. The van der Waals surface area contributed by atoms with Crippen molar-refractivity contribution in [1.82, 2.24) is 5.32 Å². The van der Waals surface area contributed by atoms with Crippen molar-refractivity contribution >= 4 is 23.3 Å². The number of hydrogen-bond acceptors (Lipinski definition) is 12. The van der Waals surface area contributed by atoms with E-state index in [1.807, 2.05) is 0 Å². The molecule has 0 saturated carbocycles. The van der Waals surface area contributed by atoms with Gasteiger partial charge in [-0.1, -0.05) is 30.7 Å². The molecule has 13 nitrogen and oxygen atoms in total. The summed E-state index contributed by atoms with van der Waals surface area (Å²) in [7, 11) is 0. The lowest BCUT2D eigenvalue weighted by molar-refractivity contribution is -0.174. The Balaban J connectivity index is 1.55. The third kappa shape index (κ3) is 4.61. The van der Waals surface area contributed by atoms with Crippen LogP contribution in [-0.2, 0) is 0 Å². The summed E-state index contributed by atoms with van der Waals surface area (Å²) in [5.74, 6) is -10.8. The lowest BCUT2D eigenvalue weighted by Gasteiger charge is -2.40. The van der Waals surface area contributed by atoms with Crippen molar-refractivity contribution < 1.29 is 55.9 Å².